The van der Waals surface area contributed by atoms with E-state index in [0.29, 0.717) is 6.61 Å². The summed E-state index contributed by atoms with van der Waals surface area (Å²) in [6, 6.07) is 35.0. The van der Waals surface area contributed by atoms with Crippen LogP contribution in [0.4, 0.5) is 0 Å². The Hall–Kier alpha value is -3.93. The van der Waals surface area contributed by atoms with Gasteiger partial charge in [0.25, 0.3) is 0 Å². The molecule has 0 saturated heterocycles. The third kappa shape index (κ3) is 6.28. The predicted molar refractivity (Wildman–Crippen MR) is 223 cm³/mol. The second kappa shape index (κ2) is 14.0. The average molecular weight is 692 g/mol. The summed E-state index contributed by atoms with van der Waals surface area (Å²) in [6.45, 7) is 28.6. The van der Waals surface area contributed by atoms with E-state index in [1.165, 1.54) is 77.1 Å². The van der Waals surface area contributed by atoms with E-state index in [0.717, 1.165) is 18.6 Å². The van der Waals surface area contributed by atoms with Gasteiger partial charge in [-0.05, 0) is 91.6 Å². The van der Waals surface area contributed by atoms with E-state index in [2.05, 4.69) is 165 Å². The number of hydrogen-bond donors (Lipinski definition) is 0. The Morgan fingerprint density at radius 3 is 1.68 bits per heavy atom. The van der Waals surface area contributed by atoms with Crippen molar-refractivity contribution in [3.05, 3.63) is 137 Å². The first-order chi connectivity index (χ1) is 23.8. The fourth-order valence-corrected chi connectivity index (χ4v) is 14.2. The molecule has 5 aromatic carbocycles. The van der Waals surface area contributed by atoms with Crippen molar-refractivity contribution in [3.8, 4) is 39.1 Å². The van der Waals surface area contributed by atoms with Crippen LogP contribution in [0.5, 0.6) is 5.75 Å². The van der Waals surface area contributed by atoms with Crippen molar-refractivity contribution in [2.24, 2.45) is 0 Å². The van der Waals surface area contributed by atoms with Gasteiger partial charge in [-0.1, -0.05) is 175 Å². The maximum absolute atomic E-state index is 6.89. The van der Waals surface area contributed by atoms with Gasteiger partial charge in [0.1, 0.15) is 12.4 Å². The smallest absolute Gasteiger partial charge is 0.122 e. The highest BCUT2D eigenvalue weighted by molar-refractivity contribution is 6.92. The van der Waals surface area contributed by atoms with E-state index in [9.17, 15) is 0 Å². The molecule has 3 heteroatoms. The molecule has 5 aromatic rings. The molecule has 0 spiro atoms. The van der Waals surface area contributed by atoms with Gasteiger partial charge in [0, 0.05) is 5.54 Å². The average Bonchev–Trinajstić information content (AvgIpc) is 3.43. The molecule has 1 radical (unpaired) electrons. The lowest BCUT2D eigenvalue weighted by atomic mass is 9.85. The number of ether oxygens (including phenoxy) is 1. The van der Waals surface area contributed by atoms with Crippen LogP contribution in [0.2, 0.25) is 26.2 Å². The minimum Gasteiger partial charge on any atom is -0.489 e. The van der Waals surface area contributed by atoms with Crippen LogP contribution in [0.15, 0.2) is 104 Å². The maximum Gasteiger partial charge on any atom is 0.122 e. The molecule has 1 aliphatic rings. The molecule has 0 heterocycles. The van der Waals surface area contributed by atoms with E-state index < -0.39 is 16.9 Å². The lowest BCUT2D eigenvalue weighted by molar-refractivity contribution is 0.354. The molecule has 6 rings (SSSR count). The second-order valence-corrected chi connectivity index (χ2v) is 23.0. The van der Waals surface area contributed by atoms with E-state index in [-0.39, 0.29) is 11.0 Å². The zero-order chi connectivity index (χ0) is 36.0. The number of hydrogen-bond acceptors (Lipinski definition) is 1. The lowest BCUT2D eigenvalue weighted by Gasteiger charge is -2.38. The second-order valence-electron chi connectivity index (χ2n) is 15.9. The standard InChI is InChI=1S/C47H55OSi2/c1-12-27-48-44-42(28-31(4)45(49(8)9)43(44)47(5,6)7)50(10,11)46-40-29-34(36-21-17-15-19-32(36)13-2)23-25-38(40)39-26-24-35(30-41(39)46)37-22-18-16-20-33(37)14-3/h12,15-26,28-30,46H,1,13-14,27H2,2-11H3. The van der Waals surface area contributed by atoms with Crippen molar-refractivity contribution in [1.29, 1.82) is 0 Å². The molecule has 0 fully saturated rings. The van der Waals surface area contributed by atoms with E-state index >= 15 is 0 Å². The maximum atomic E-state index is 6.89. The van der Waals surface area contributed by atoms with Crippen LogP contribution < -0.4 is 15.1 Å². The van der Waals surface area contributed by atoms with Gasteiger partial charge in [-0.3, -0.25) is 0 Å². The predicted octanol–water partition coefficient (Wildman–Crippen LogP) is 11.5. The molecule has 257 valence electrons. The van der Waals surface area contributed by atoms with Crippen molar-refractivity contribution >= 4 is 27.2 Å². The van der Waals surface area contributed by atoms with Crippen LogP contribution in [0.25, 0.3) is 33.4 Å². The van der Waals surface area contributed by atoms with Gasteiger partial charge < -0.3 is 4.74 Å². The third-order valence-corrected chi connectivity index (χ3v) is 16.4. The first-order valence-corrected chi connectivity index (χ1v) is 24.1. The monoisotopic (exact) mass is 691 g/mol. The van der Waals surface area contributed by atoms with Crippen molar-refractivity contribution in [2.75, 3.05) is 6.61 Å². The summed E-state index contributed by atoms with van der Waals surface area (Å²) in [4.78, 5) is 0. The Labute approximate surface area is 305 Å². The normalized spacial score (nSPS) is 13.0. The molecule has 0 saturated carbocycles. The number of rotatable bonds is 10. The summed E-state index contributed by atoms with van der Waals surface area (Å²) >= 11 is 0. The fourth-order valence-electron chi connectivity index (χ4n) is 8.68. The third-order valence-electron chi connectivity index (χ3n) is 10.9. The molecular formula is C47H55OSi2. The van der Waals surface area contributed by atoms with Crippen molar-refractivity contribution in [1.82, 2.24) is 0 Å². The number of aryl methyl sites for hydroxylation is 3. The minimum absolute atomic E-state index is 0.0570. The summed E-state index contributed by atoms with van der Waals surface area (Å²) in [6.07, 6.45) is 3.94. The van der Waals surface area contributed by atoms with E-state index in [1.807, 2.05) is 6.08 Å². The summed E-state index contributed by atoms with van der Waals surface area (Å²) in [5.41, 5.74) is 16.8. The van der Waals surface area contributed by atoms with Gasteiger partial charge in [0.05, 0.1) is 16.9 Å². The van der Waals surface area contributed by atoms with Gasteiger partial charge in [0.15, 0.2) is 0 Å². The van der Waals surface area contributed by atoms with Crippen LogP contribution in [0.1, 0.15) is 73.5 Å². The molecule has 1 aliphatic carbocycles. The molecule has 1 nitrogen and oxygen atoms in total. The Kier molecular flexibility index (Phi) is 10.0. The molecule has 0 unspecified atom stereocenters. The Morgan fingerprint density at radius 2 is 1.24 bits per heavy atom. The summed E-state index contributed by atoms with van der Waals surface area (Å²) in [7, 11) is -3.13. The Bertz CT molecular complexity index is 1960. The molecule has 0 bridgehead atoms. The quantitative estimate of drug-likeness (QED) is 0.105. The first-order valence-electron chi connectivity index (χ1n) is 18.5. The van der Waals surface area contributed by atoms with Crippen LogP contribution in [-0.2, 0) is 18.3 Å². The van der Waals surface area contributed by atoms with Crippen LogP contribution in [0.3, 0.4) is 0 Å². The van der Waals surface area contributed by atoms with Crippen molar-refractivity contribution < 1.29 is 4.74 Å². The Balaban J connectivity index is 1.66. The fraction of sp³-hybridized carbons (Fsp3) is 0.319. The highest BCUT2D eigenvalue weighted by Crippen LogP contribution is 2.52. The molecule has 0 N–H and O–H groups in total. The summed E-state index contributed by atoms with van der Waals surface area (Å²) in [5, 5.41) is 2.95. The van der Waals surface area contributed by atoms with Crippen molar-refractivity contribution in [3.63, 3.8) is 0 Å². The van der Waals surface area contributed by atoms with E-state index in [1.54, 1.807) is 0 Å². The first kappa shape index (κ1) is 35.9. The minimum atomic E-state index is -2.38. The van der Waals surface area contributed by atoms with Crippen molar-refractivity contribution in [2.45, 2.75) is 91.5 Å². The topological polar surface area (TPSA) is 9.23 Å². The Morgan fingerprint density at radius 1 is 0.740 bits per heavy atom. The van der Waals surface area contributed by atoms with Crippen LogP contribution >= 0.6 is 0 Å². The van der Waals surface area contributed by atoms with Gasteiger partial charge in [-0.2, -0.15) is 0 Å². The molecule has 0 amide bonds. The molecule has 0 aromatic heterocycles. The van der Waals surface area contributed by atoms with Gasteiger partial charge in [-0.15, -0.1) is 0 Å². The molecule has 50 heavy (non-hydrogen) atoms. The number of benzene rings is 5. The molecule has 0 atom stereocenters. The lowest BCUT2D eigenvalue weighted by Crippen LogP contribution is -2.51. The molecule has 0 aliphatic heterocycles. The zero-order valence-corrected chi connectivity index (χ0v) is 34.1. The SMILES string of the molecule is C=CCOc1c([Si](C)(C)C2c3cc(-c4ccccc4CC)ccc3-c3ccc(-c4ccccc4CC)cc32)cc(C)c([Si](C)C)c1C(C)(C)C. The summed E-state index contributed by atoms with van der Waals surface area (Å²) < 4.78 is 6.89. The largest absolute Gasteiger partial charge is 0.489 e. The zero-order valence-electron chi connectivity index (χ0n) is 32.1. The summed E-state index contributed by atoms with van der Waals surface area (Å²) in [5.74, 6) is 1.12. The highest BCUT2D eigenvalue weighted by Gasteiger charge is 2.45. The van der Waals surface area contributed by atoms with Gasteiger partial charge >= 0.3 is 0 Å². The van der Waals surface area contributed by atoms with Gasteiger partial charge in [-0.25, -0.2) is 0 Å². The molecular weight excluding hydrogens is 637 g/mol. The van der Waals surface area contributed by atoms with Gasteiger partial charge in [0.2, 0.25) is 0 Å². The van der Waals surface area contributed by atoms with E-state index in [4.69, 9.17) is 4.74 Å². The highest BCUT2D eigenvalue weighted by atomic mass is 28.3. The van der Waals surface area contributed by atoms with Crippen LogP contribution in [-0.4, -0.2) is 23.5 Å². The number of fused-ring (bicyclic) bond motifs is 3. The van der Waals surface area contributed by atoms with Crippen LogP contribution in [0, 0.1) is 6.92 Å².